The fourth-order valence-corrected chi connectivity index (χ4v) is 1.02. The van der Waals surface area contributed by atoms with E-state index in [0.717, 1.165) is 39.3 Å². The van der Waals surface area contributed by atoms with Crippen molar-refractivity contribution in [2.45, 2.75) is 0 Å². The molecule has 0 aromatic heterocycles. The SMILES string of the molecule is [CH2]CN(C)CCN(C)CCN(C)C[CH2]. The van der Waals surface area contributed by atoms with Gasteiger partial charge in [0.25, 0.3) is 0 Å². The molecule has 0 bridgehead atoms. The van der Waals surface area contributed by atoms with Crippen LogP contribution in [0.15, 0.2) is 0 Å². The second-order valence-electron chi connectivity index (χ2n) is 3.91. The first-order chi connectivity index (χ1) is 6.60. The molecular weight excluding hydrogens is 174 g/mol. The number of hydrogen-bond acceptors (Lipinski definition) is 3. The molecule has 14 heavy (non-hydrogen) atoms. The van der Waals surface area contributed by atoms with E-state index >= 15 is 0 Å². The van der Waals surface area contributed by atoms with Gasteiger partial charge in [0.05, 0.1) is 0 Å². The van der Waals surface area contributed by atoms with Gasteiger partial charge in [0.2, 0.25) is 0 Å². The maximum Gasteiger partial charge on any atom is 0.0107 e. The molecule has 0 saturated carbocycles. The Morgan fingerprint density at radius 2 is 0.929 bits per heavy atom. The molecule has 0 unspecified atom stereocenters. The van der Waals surface area contributed by atoms with Gasteiger partial charge in [-0.3, -0.25) is 0 Å². The van der Waals surface area contributed by atoms with Crippen LogP contribution in [0.5, 0.6) is 0 Å². The molecule has 3 nitrogen and oxygen atoms in total. The summed E-state index contributed by atoms with van der Waals surface area (Å²) >= 11 is 0. The molecule has 0 aromatic carbocycles. The van der Waals surface area contributed by atoms with E-state index in [-0.39, 0.29) is 0 Å². The highest BCUT2D eigenvalue weighted by Gasteiger charge is 2.01. The van der Waals surface area contributed by atoms with Crippen molar-refractivity contribution in [2.24, 2.45) is 0 Å². The fraction of sp³-hybridized carbons (Fsp3) is 0.818. The van der Waals surface area contributed by atoms with Crippen molar-refractivity contribution in [3.63, 3.8) is 0 Å². The minimum absolute atomic E-state index is 0.882. The van der Waals surface area contributed by atoms with E-state index in [2.05, 4.69) is 49.7 Å². The van der Waals surface area contributed by atoms with Crippen molar-refractivity contribution in [3.05, 3.63) is 13.8 Å². The largest absolute Gasteiger partial charge is 0.305 e. The molecule has 0 aliphatic carbocycles. The van der Waals surface area contributed by atoms with E-state index in [1.165, 1.54) is 0 Å². The van der Waals surface area contributed by atoms with Gasteiger partial charge in [-0.2, -0.15) is 0 Å². The highest BCUT2D eigenvalue weighted by molar-refractivity contribution is 4.60. The lowest BCUT2D eigenvalue weighted by atomic mass is 10.4. The highest BCUT2D eigenvalue weighted by Crippen LogP contribution is 1.88. The molecule has 2 radical (unpaired) electrons. The zero-order chi connectivity index (χ0) is 11.0. The first-order valence-electron chi connectivity index (χ1n) is 5.24. The van der Waals surface area contributed by atoms with Crippen molar-refractivity contribution >= 4 is 0 Å². The van der Waals surface area contributed by atoms with Gasteiger partial charge >= 0.3 is 0 Å². The predicted molar refractivity (Wildman–Crippen MR) is 63.2 cm³/mol. The summed E-state index contributed by atoms with van der Waals surface area (Å²) in [5.74, 6) is 0. The fourth-order valence-electron chi connectivity index (χ4n) is 1.02. The van der Waals surface area contributed by atoms with Gasteiger partial charge in [-0.05, 0) is 48.1 Å². The van der Waals surface area contributed by atoms with Crippen molar-refractivity contribution in [3.8, 4) is 0 Å². The molecule has 0 aromatic rings. The van der Waals surface area contributed by atoms with Gasteiger partial charge in [-0.25, -0.2) is 0 Å². The Kier molecular flexibility index (Phi) is 8.14. The predicted octanol–water partition coefficient (Wildman–Crippen LogP) is 0.450. The minimum atomic E-state index is 0.882. The molecule has 84 valence electrons. The third kappa shape index (κ3) is 7.30. The molecule has 0 aliphatic rings. The maximum atomic E-state index is 3.84. The molecule has 0 fully saturated rings. The number of hydrogen-bond donors (Lipinski definition) is 0. The van der Waals surface area contributed by atoms with Crippen molar-refractivity contribution in [1.82, 2.24) is 14.7 Å². The summed E-state index contributed by atoms with van der Waals surface area (Å²) in [5.41, 5.74) is 0. The van der Waals surface area contributed by atoms with Gasteiger partial charge in [0.1, 0.15) is 0 Å². The second-order valence-corrected chi connectivity index (χ2v) is 3.91. The lowest BCUT2D eigenvalue weighted by Crippen LogP contribution is -2.35. The first-order valence-corrected chi connectivity index (χ1v) is 5.24. The van der Waals surface area contributed by atoms with Crippen LogP contribution in [0.25, 0.3) is 0 Å². The molecule has 0 spiro atoms. The molecule has 0 aliphatic heterocycles. The monoisotopic (exact) mass is 199 g/mol. The number of likely N-dealkylation sites (N-methyl/N-ethyl adjacent to an activating group) is 3. The van der Waals surface area contributed by atoms with E-state index in [1.807, 2.05) is 0 Å². The highest BCUT2D eigenvalue weighted by atomic mass is 15.2. The van der Waals surface area contributed by atoms with Gasteiger partial charge in [0, 0.05) is 26.2 Å². The smallest absolute Gasteiger partial charge is 0.0107 e. The third-order valence-corrected chi connectivity index (χ3v) is 2.49. The molecule has 0 rings (SSSR count). The van der Waals surface area contributed by atoms with E-state index in [4.69, 9.17) is 0 Å². The Morgan fingerprint density at radius 3 is 1.21 bits per heavy atom. The topological polar surface area (TPSA) is 9.72 Å². The number of nitrogens with zero attached hydrogens (tertiary/aromatic N) is 3. The standard InChI is InChI=1S/C11H25N3/c1-6-12(3)8-10-14(5)11-9-13(4)7-2/h1-2,6-11H2,3-5H3. The molecule has 0 amide bonds. The molecule has 0 saturated heterocycles. The Bertz CT molecular complexity index is 114. The molecule has 0 atom stereocenters. The Morgan fingerprint density at radius 1 is 0.643 bits per heavy atom. The van der Waals surface area contributed by atoms with E-state index in [9.17, 15) is 0 Å². The minimum Gasteiger partial charge on any atom is -0.305 e. The molecule has 0 heterocycles. The van der Waals surface area contributed by atoms with Crippen LogP contribution in [-0.4, -0.2) is 75.1 Å². The van der Waals surface area contributed by atoms with Crippen LogP contribution < -0.4 is 0 Å². The van der Waals surface area contributed by atoms with Crippen molar-refractivity contribution in [2.75, 3.05) is 60.4 Å². The van der Waals surface area contributed by atoms with Crippen LogP contribution in [0.1, 0.15) is 0 Å². The lowest BCUT2D eigenvalue weighted by Gasteiger charge is -2.23. The Balaban J connectivity index is 3.40. The number of rotatable bonds is 8. The van der Waals surface area contributed by atoms with Gasteiger partial charge < -0.3 is 14.7 Å². The average molecular weight is 199 g/mol. The van der Waals surface area contributed by atoms with Gasteiger partial charge in [-0.15, -0.1) is 0 Å². The van der Waals surface area contributed by atoms with Crippen LogP contribution >= 0.6 is 0 Å². The first kappa shape index (κ1) is 13.9. The van der Waals surface area contributed by atoms with Crippen molar-refractivity contribution in [1.29, 1.82) is 0 Å². The molecule has 0 N–H and O–H groups in total. The summed E-state index contributed by atoms with van der Waals surface area (Å²) in [6.45, 7) is 13.8. The lowest BCUT2D eigenvalue weighted by molar-refractivity contribution is 0.239. The average Bonchev–Trinajstić information content (AvgIpc) is 2.22. The molecule has 3 heteroatoms. The van der Waals surface area contributed by atoms with E-state index in [1.54, 1.807) is 0 Å². The van der Waals surface area contributed by atoms with Crippen LogP contribution in [0.4, 0.5) is 0 Å². The second kappa shape index (κ2) is 8.21. The summed E-state index contributed by atoms with van der Waals surface area (Å²) in [5, 5.41) is 0. The van der Waals surface area contributed by atoms with Crippen LogP contribution in [0, 0.1) is 13.8 Å². The summed E-state index contributed by atoms with van der Waals surface area (Å²) in [6, 6.07) is 0. The summed E-state index contributed by atoms with van der Waals surface area (Å²) in [4.78, 5) is 6.79. The van der Waals surface area contributed by atoms with Gasteiger partial charge in [-0.1, -0.05) is 0 Å². The Labute approximate surface area is 89.7 Å². The quantitative estimate of drug-likeness (QED) is 0.562. The molecular formula is C11H25N3. The Hall–Kier alpha value is -0.120. The zero-order valence-electron chi connectivity index (χ0n) is 10.00. The summed E-state index contributed by atoms with van der Waals surface area (Å²) in [6.07, 6.45) is 0. The van der Waals surface area contributed by atoms with E-state index in [0.29, 0.717) is 0 Å². The summed E-state index contributed by atoms with van der Waals surface area (Å²) in [7, 11) is 6.36. The zero-order valence-corrected chi connectivity index (χ0v) is 10.00. The third-order valence-electron chi connectivity index (χ3n) is 2.49. The van der Waals surface area contributed by atoms with Crippen LogP contribution in [-0.2, 0) is 0 Å². The van der Waals surface area contributed by atoms with E-state index < -0.39 is 0 Å². The normalized spacial score (nSPS) is 12.0. The van der Waals surface area contributed by atoms with Crippen molar-refractivity contribution < 1.29 is 0 Å². The maximum absolute atomic E-state index is 3.84. The summed E-state index contributed by atoms with van der Waals surface area (Å²) < 4.78 is 0. The van der Waals surface area contributed by atoms with Crippen LogP contribution in [0.3, 0.4) is 0 Å². The van der Waals surface area contributed by atoms with Gasteiger partial charge in [0.15, 0.2) is 0 Å². The van der Waals surface area contributed by atoms with Crippen LogP contribution in [0.2, 0.25) is 0 Å².